The molecule has 1 aromatic rings. The minimum absolute atomic E-state index is 0.0124. The Kier molecular flexibility index (Phi) is 3.18. The summed E-state index contributed by atoms with van der Waals surface area (Å²) in [7, 11) is 0. The number of amides is 1. The van der Waals surface area contributed by atoms with Crippen molar-refractivity contribution < 1.29 is 19.0 Å². The van der Waals surface area contributed by atoms with Crippen LogP contribution in [-0.4, -0.2) is 35.8 Å². The molecule has 21 heavy (non-hydrogen) atoms. The second-order valence-electron chi connectivity index (χ2n) is 6.35. The highest BCUT2D eigenvalue weighted by atomic mass is 19.1. The molecular formula is C15H19FN2O3. The van der Waals surface area contributed by atoms with E-state index in [0.717, 1.165) is 0 Å². The molecule has 6 heteroatoms. The summed E-state index contributed by atoms with van der Waals surface area (Å²) in [6, 6.07) is 2.83. The fourth-order valence-electron chi connectivity index (χ4n) is 3.13. The number of nitrogens with one attached hydrogen (secondary N) is 1. The van der Waals surface area contributed by atoms with Gasteiger partial charge in [-0.1, -0.05) is 0 Å². The summed E-state index contributed by atoms with van der Waals surface area (Å²) < 4.78 is 20.2. The zero-order chi connectivity index (χ0) is 15.4. The monoisotopic (exact) mass is 294 g/mol. The van der Waals surface area contributed by atoms with Gasteiger partial charge in [-0.25, -0.2) is 4.39 Å². The van der Waals surface area contributed by atoms with Crippen molar-refractivity contribution >= 4 is 17.3 Å². The SMILES string of the molecule is CC1CN(c2cc3c(cc2F)C(O)C(=O)N3)CC(C)(C)O1. The van der Waals surface area contributed by atoms with Crippen molar-refractivity contribution in [2.75, 3.05) is 23.3 Å². The smallest absolute Gasteiger partial charge is 0.257 e. The molecule has 1 saturated heterocycles. The number of ether oxygens (including phenoxy) is 1. The standard InChI is InChI=1S/C15H19FN2O3/c1-8-6-18(7-15(2,3)21-8)12-5-11-9(4-10(12)16)13(19)14(20)17-11/h4-5,8,13,19H,6-7H2,1-3H3,(H,17,20). The number of benzene rings is 1. The van der Waals surface area contributed by atoms with Gasteiger partial charge in [0, 0.05) is 24.3 Å². The lowest BCUT2D eigenvalue weighted by molar-refractivity contribution is -0.123. The Morgan fingerprint density at radius 3 is 2.86 bits per heavy atom. The van der Waals surface area contributed by atoms with E-state index in [1.807, 2.05) is 25.7 Å². The summed E-state index contributed by atoms with van der Waals surface area (Å²) in [6.07, 6.45) is -1.30. The van der Waals surface area contributed by atoms with Gasteiger partial charge in [0.25, 0.3) is 5.91 Å². The van der Waals surface area contributed by atoms with E-state index in [-0.39, 0.29) is 11.7 Å². The van der Waals surface area contributed by atoms with E-state index in [2.05, 4.69) is 5.32 Å². The lowest BCUT2D eigenvalue weighted by Gasteiger charge is -2.43. The number of carbonyl (C=O) groups is 1. The number of halogens is 1. The molecule has 1 fully saturated rings. The average molecular weight is 294 g/mol. The molecule has 0 radical (unpaired) electrons. The number of aliphatic hydroxyl groups excluding tert-OH is 1. The van der Waals surface area contributed by atoms with Crippen LogP contribution in [0, 0.1) is 5.82 Å². The molecule has 0 saturated carbocycles. The summed E-state index contributed by atoms with van der Waals surface area (Å²) in [6.45, 7) is 7.02. The maximum Gasteiger partial charge on any atom is 0.257 e. The first-order valence-electron chi connectivity index (χ1n) is 7.02. The largest absolute Gasteiger partial charge is 0.378 e. The van der Waals surface area contributed by atoms with Crippen LogP contribution in [0.2, 0.25) is 0 Å². The minimum Gasteiger partial charge on any atom is -0.378 e. The molecule has 114 valence electrons. The van der Waals surface area contributed by atoms with Crippen molar-refractivity contribution in [2.45, 2.75) is 38.6 Å². The third-order valence-corrected chi connectivity index (χ3v) is 3.83. The molecule has 3 rings (SSSR count). The third kappa shape index (κ3) is 2.49. The summed E-state index contributed by atoms with van der Waals surface area (Å²) in [5.74, 6) is -0.952. The van der Waals surface area contributed by atoms with Crippen LogP contribution >= 0.6 is 0 Å². The van der Waals surface area contributed by atoms with Gasteiger partial charge >= 0.3 is 0 Å². The van der Waals surface area contributed by atoms with E-state index >= 15 is 0 Å². The highest BCUT2D eigenvalue weighted by Crippen LogP contribution is 2.37. The van der Waals surface area contributed by atoms with Crippen LogP contribution in [0.5, 0.6) is 0 Å². The fraction of sp³-hybridized carbons (Fsp3) is 0.533. The van der Waals surface area contributed by atoms with Crippen LogP contribution < -0.4 is 10.2 Å². The highest BCUT2D eigenvalue weighted by Gasteiger charge is 2.35. The zero-order valence-electron chi connectivity index (χ0n) is 12.3. The van der Waals surface area contributed by atoms with Crippen LogP contribution in [0.1, 0.15) is 32.4 Å². The van der Waals surface area contributed by atoms with Gasteiger partial charge < -0.3 is 20.1 Å². The molecule has 0 bridgehead atoms. The number of anilines is 2. The van der Waals surface area contributed by atoms with Crippen LogP contribution in [0.25, 0.3) is 0 Å². The van der Waals surface area contributed by atoms with Gasteiger partial charge in [-0.15, -0.1) is 0 Å². The number of hydrogen-bond donors (Lipinski definition) is 2. The van der Waals surface area contributed by atoms with Gasteiger partial charge in [0.2, 0.25) is 0 Å². The first-order valence-corrected chi connectivity index (χ1v) is 7.02. The second kappa shape index (κ2) is 4.68. The summed E-state index contributed by atoms with van der Waals surface area (Å²) in [5, 5.41) is 12.3. The van der Waals surface area contributed by atoms with Gasteiger partial charge in [0.05, 0.1) is 17.4 Å². The second-order valence-corrected chi connectivity index (χ2v) is 6.35. The molecule has 5 nitrogen and oxygen atoms in total. The normalized spacial score (nSPS) is 27.5. The molecule has 2 aliphatic rings. The Labute approximate surface area is 122 Å². The number of carbonyl (C=O) groups excluding carboxylic acids is 1. The maximum absolute atomic E-state index is 14.4. The lowest BCUT2D eigenvalue weighted by atomic mass is 10.0. The number of morpholine rings is 1. The van der Waals surface area contributed by atoms with E-state index in [9.17, 15) is 14.3 Å². The maximum atomic E-state index is 14.4. The van der Waals surface area contributed by atoms with Crippen LogP contribution in [0.4, 0.5) is 15.8 Å². The minimum atomic E-state index is -1.29. The molecule has 0 aliphatic carbocycles. The van der Waals surface area contributed by atoms with Crippen molar-refractivity contribution in [3.63, 3.8) is 0 Å². The van der Waals surface area contributed by atoms with E-state index < -0.39 is 17.8 Å². The zero-order valence-corrected chi connectivity index (χ0v) is 12.3. The number of rotatable bonds is 1. The highest BCUT2D eigenvalue weighted by molar-refractivity contribution is 6.02. The molecule has 2 N–H and O–H groups in total. The molecule has 0 aromatic heterocycles. The summed E-state index contributed by atoms with van der Waals surface area (Å²) >= 11 is 0. The van der Waals surface area contributed by atoms with Crippen LogP contribution in [0.15, 0.2) is 12.1 Å². The number of fused-ring (bicyclic) bond motifs is 1. The molecule has 2 atom stereocenters. The van der Waals surface area contributed by atoms with Crippen molar-refractivity contribution in [1.29, 1.82) is 0 Å². The summed E-state index contributed by atoms with van der Waals surface area (Å²) in [5.41, 5.74) is 0.820. The Bertz CT molecular complexity index is 603. The number of nitrogens with zero attached hydrogens (tertiary/aromatic N) is 1. The molecule has 2 unspecified atom stereocenters. The molecule has 1 amide bonds. The third-order valence-electron chi connectivity index (χ3n) is 3.83. The van der Waals surface area contributed by atoms with Gasteiger partial charge in [-0.2, -0.15) is 0 Å². The van der Waals surface area contributed by atoms with E-state index in [1.54, 1.807) is 6.07 Å². The predicted molar refractivity (Wildman–Crippen MR) is 76.8 cm³/mol. The number of hydrogen-bond acceptors (Lipinski definition) is 4. The molecule has 0 spiro atoms. The van der Waals surface area contributed by atoms with Gasteiger partial charge in [-0.3, -0.25) is 4.79 Å². The Balaban J connectivity index is 1.97. The van der Waals surface area contributed by atoms with Crippen molar-refractivity contribution in [2.24, 2.45) is 0 Å². The first-order chi connectivity index (χ1) is 9.77. The molecule has 2 aliphatic heterocycles. The number of aliphatic hydroxyl groups is 1. The Hall–Kier alpha value is -1.66. The quantitative estimate of drug-likeness (QED) is 0.829. The first kappa shape index (κ1) is 14.3. The van der Waals surface area contributed by atoms with Crippen LogP contribution in [0.3, 0.4) is 0 Å². The lowest BCUT2D eigenvalue weighted by Crippen LogP contribution is -2.52. The van der Waals surface area contributed by atoms with Crippen molar-refractivity contribution in [3.05, 3.63) is 23.5 Å². The average Bonchev–Trinajstić information content (AvgIpc) is 2.62. The van der Waals surface area contributed by atoms with Gasteiger partial charge in [-0.05, 0) is 32.9 Å². The molecule has 2 heterocycles. The van der Waals surface area contributed by atoms with Crippen molar-refractivity contribution in [1.82, 2.24) is 0 Å². The summed E-state index contributed by atoms with van der Waals surface area (Å²) in [4.78, 5) is 13.4. The molecule has 1 aromatic carbocycles. The van der Waals surface area contributed by atoms with E-state index in [1.165, 1.54) is 6.07 Å². The van der Waals surface area contributed by atoms with Crippen LogP contribution in [-0.2, 0) is 9.53 Å². The van der Waals surface area contributed by atoms with E-state index in [0.29, 0.717) is 30.0 Å². The fourth-order valence-corrected chi connectivity index (χ4v) is 3.13. The Morgan fingerprint density at radius 2 is 2.19 bits per heavy atom. The van der Waals surface area contributed by atoms with Crippen molar-refractivity contribution in [3.8, 4) is 0 Å². The van der Waals surface area contributed by atoms with Gasteiger partial charge in [0.1, 0.15) is 5.82 Å². The van der Waals surface area contributed by atoms with Gasteiger partial charge in [0.15, 0.2) is 6.10 Å². The Morgan fingerprint density at radius 1 is 1.48 bits per heavy atom. The van der Waals surface area contributed by atoms with E-state index in [4.69, 9.17) is 4.74 Å². The predicted octanol–water partition coefficient (Wildman–Crippen LogP) is 1.81. The molecular weight excluding hydrogens is 275 g/mol. The topological polar surface area (TPSA) is 61.8 Å².